The number of carbonyl (C=O) groups is 3. The lowest BCUT2D eigenvalue weighted by Gasteiger charge is -2.21. The predicted molar refractivity (Wildman–Crippen MR) is 54.1 cm³/mol. The summed E-state index contributed by atoms with van der Waals surface area (Å²) >= 11 is 0. The van der Waals surface area contributed by atoms with Crippen molar-refractivity contribution in [3.05, 3.63) is 23.5 Å². The van der Waals surface area contributed by atoms with Crippen LogP contribution in [0.15, 0.2) is 23.5 Å². The molecule has 0 N–H and O–H groups in total. The number of esters is 2. The van der Waals surface area contributed by atoms with Gasteiger partial charge in [-0.15, -0.1) is 0 Å². The normalized spacial score (nSPS) is 20.9. The number of carbonyl (C=O) groups excluding carboxylic acids is 3. The molecule has 1 unspecified atom stereocenters. The summed E-state index contributed by atoms with van der Waals surface area (Å²) in [6.07, 6.45) is 3.21. The van der Waals surface area contributed by atoms with Gasteiger partial charge in [-0.3, -0.25) is 9.59 Å². The Morgan fingerprint density at radius 1 is 1.62 bits per heavy atom. The summed E-state index contributed by atoms with van der Waals surface area (Å²) in [4.78, 5) is 33.3. The van der Waals surface area contributed by atoms with Crippen molar-refractivity contribution in [3.8, 4) is 0 Å². The summed E-state index contributed by atoms with van der Waals surface area (Å²) in [5.74, 6) is -1.64. The number of hydrogen-bond acceptors (Lipinski definition) is 5. The first-order chi connectivity index (χ1) is 7.63. The highest BCUT2D eigenvalue weighted by Crippen LogP contribution is 2.28. The third kappa shape index (κ3) is 2.36. The molecular weight excluding hydrogens is 212 g/mol. The van der Waals surface area contributed by atoms with Crippen molar-refractivity contribution in [1.82, 2.24) is 0 Å². The maximum absolute atomic E-state index is 11.4. The van der Waals surface area contributed by atoms with Gasteiger partial charge >= 0.3 is 11.9 Å². The van der Waals surface area contributed by atoms with Gasteiger partial charge in [-0.05, 0) is 12.5 Å². The molecule has 1 aliphatic rings. The van der Waals surface area contributed by atoms with Crippen LogP contribution in [0.4, 0.5) is 0 Å². The highest BCUT2D eigenvalue weighted by atomic mass is 16.5. The summed E-state index contributed by atoms with van der Waals surface area (Å²) < 4.78 is 9.19. The van der Waals surface area contributed by atoms with Gasteiger partial charge < -0.3 is 9.47 Å². The molecule has 0 spiro atoms. The monoisotopic (exact) mass is 224 g/mol. The fourth-order valence-corrected chi connectivity index (χ4v) is 1.49. The standard InChI is InChI=1S/C11H12O5/c1-3-7(5-12)8-4-10(13)16-6-9(8)11(14)15-2/h3,5-6,8H,4H2,1-2H3. The molecule has 0 bridgehead atoms. The fraction of sp³-hybridized carbons (Fsp3) is 0.364. The molecule has 0 fully saturated rings. The van der Waals surface area contributed by atoms with Crippen molar-refractivity contribution in [3.63, 3.8) is 0 Å². The molecule has 0 radical (unpaired) electrons. The van der Waals surface area contributed by atoms with Crippen LogP contribution in [0.1, 0.15) is 13.3 Å². The fourth-order valence-electron chi connectivity index (χ4n) is 1.49. The highest BCUT2D eigenvalue weighted by molar-refractivity contribution is 5.94. The lowest BCUT2D eigenvalue weighted by molar-refractivity contribution is -0.142. The molecule has 16 heavy (non-hydrogen) atoms. The van der Waals surface area contributed by atoms with Crippen LogP contribution in [-0.4, -0.2) is 25.3 Å². The molecule has 0 saturated carbocycles. The van der Waals surface area contributed by atoms with E-state index in [4.69, 9.17) is 0 Å². The van der Waals surface area contributed by atoms with Gasteiger partial charge in [0.2, 0.25) is 0 Å². The number of methoxy groups -OCH3 is 1. The van der Waals surface area contributed by atoms with Crippen molar-refractivity contribution in [2.45, 2.75) is 13.3 Å². The van der Waals surface area contributed by atoms with Gasteiger partial charge in [0.05, 0.1) is 19.1 Å². The van der Waals surface area contributed by atoms with Crippen molar-refractivity contribution in [2.75, 3.05) is 7.11 Å². The van der Waals surface area contributed by atoms with E-state index in [0.717, 1.165) is 6.26 Å². The lowest BCUT2D eigenvalue weighted by atomic mass is 9.88. The Kier molecular flexibility index (Phi) is 3.99. The lowest BCUT2D eigenvalue weighted by Crippen LogP contribution is -2.25. The number of cyclic esters (lactones) is 1. The number of allylic oxidation sites excluding steroid dienone is 2. The number of rotatable bonds is 3. The van der Waals surface area contributed by atoms with E-state index < -0.39 is 17.9 Å². The molecular formula is C11H12O5. The molecule has 1 aliphatic heterocycles. The quantitative estimate of drug-likeness (QED) is 0.402. The smallest absolute Gasteiger partial charge is 0.337 e. The van der Waals surface area contributed by atoms with Crippen LogP contribution in [-0.2, 0) is 23.9 Å². The van der Waals surface area contributed by atoms with E-state index in [0.29, 0.717) is 11.9 Å². The van der Waals surface area contributed by atoms with Crippen molar-refractivity contribution < 1.29 is 23.9 Å². The molecule has 0 aromatic rings. The van der Waals surface area contributed by atoms with E-state index in [1.807, 2.05) is 0 Å². The predicted octanol–water partition coefficient (Wildman–Crippen LogP) is 0.752. The van der Waals surface area contributed by atoms with E-state index in [9.17, 15) is 14.4 Å². The SMILES string of the molecule is CC=C(C=O)C1CC(=O)OC=C1C(=O)OC. The van der Waals surface area contributed by atoms with Gasteiger partial charge in [-0.1, -0.05) is 6.08 Å². The zero-order chi connectivity index (χ0) is 12.1. The largest absolute Gasteiger partial charge is 0.466 e. The second kappa shape index (κ2) is 5.25. The highest BCUT2D eigenvalue weighted by Gasteiger charge is 2.31. The average molecular weight is 224 g/mol. The van der Waals surface area contributed by atoms with Crippen LogP contribution in [0.5, 0.6) is 0 Å². The molecule has 1 heterocycles. The number of aldehydes is 1. The maximum Gasteiger partial charge on any atom is 0.337 e. The Labute approximate surface area is 92.7 Å². The first-order valence-corrected chi connectivity index (χ1v) is 4.73. The summed E-state index contributed by atoms with van der Waals surface area (Å²) in [5.41, 5.74) is 0.551. The van der Waals surface area contributed by atoms with Crippen LogP contribution in [0.2, 0.25) is 0 Å². The van der Waals surface area contributed by atoms with Gasteiger partial charge in [0.15, 0.2) is 0 Å². The van der Waals surface area contributed by atoms with Crippen LogP contribution < -0.4 is 0 Å². The van der Waals surface area contributed by atoms with Gasteiger partial charge in [-0.2, -0.15) is 0 Å². The first kappa shape index (κ1) is 12.2. The van der Waals surface area contributed by atoms with Crippen molar-refractivity contribution in [1.29, 1.82) is 0 Å². The Morgan fingerprint density at radius 3 is 2.81 bits per heavy atom. The van der Waals surface area contributed by atoms with Crippen molar-refractivity contribution in [2.24, 2.45) is 5.92 Å². The van der Waals surface area contributed by atoms with E-state index >= 15 is 0 Å². The second-order valence-corrected chi connectivity index (χ2v) is 3.22. The molecule has 86 valence electrons. The van der Waals surface area contributed by atoms with Crippen LogP contribution >= 0.6 is 0 Å². The summed E-state index contributed by atoms with van der Waals surface area (Å²) in [6, 6.07) is 0. The van der Waals surface area contributed by atoms with Crippen LogP contribution in [0, 0.1) is 5.92 Å². The average Bonchev–Trinajstić information content (AvgIpc) is 2.30. The topological polar surface area (TPSA) is 69.7 Å². The molecule has 0 aliphatic carbocycles. The minimum absolute atomic E-state index is 0.0284. The molecule has 1 rings (SSSR count). The summed E-state index contributed by atoms with van der Waals surface area (Å²) in [7, 11) is 1.23. The van der Waals surface area contributed by atoms with E-state index in [2.05, 4.69) is 9.47 Å². The minimum Gasteiger partial charge on any atom is -0.466 e. The molecule has 0 saturated heterocycles. The van der Waals surface area contributed by atoms with Gasteiger partial charge in [-0.25, -0.2) is 4.79 Å². The van der Waals surface area contributed by atoms with E-state index in [1.54, 1.807) is 13.0 Å². The Hall–Kier alpha value is -1.91. The second-order valence-electron chi connectivity index (χ2n) is 3.22. The third-order valence-corrected chi connectivity index (χ3v) is 2.36. The molecule has 0 aromatic heterocycles. The Morgan fingerprint density at radius 2 is 2.31 bits per heavy atom. The maximum atomic E-state index is 11.4. The van der Waals surface area contributed by atoms with Gasteiger partial charge in [0.25, 0.3) is 0 Å². The number of hydrogen-bond donors (Lipinski definition) is 0. The third-order valence-electron chi connectivity index (χ3n) is 2.36. The minimum atomic E-state index is -0.598. The zero-order valence-corrected chi connectivity index (χ0v) is 9.06. The zero-order valence-electron chi connectivity index (χ0n) is 9.06. The van der Waals surface area contributed by atoms with Gasteiger partial charge in [0, 0.05) is 5.92 Å². The molecule has 0 aromatic carbocycles. The van der Waals surface area contributed by atoms with Crippen LogP contribution in [0.25, 0.3) is 0 Å². The van der Waals surface area contributed by atoms with Gasteiger partial charge in [0.1, 0.15) is 12.5 Å². The van der Waals surface area contributed by atoms with E-state index in [1.165, 1.54) is 7.11 Å². The summed E-state index contributed by atoms with van der Waals surface area (Å²) in [6.45, 7) is 1.67. The first-order valence-electron chi connectivity index (χ1n) is 4.73. The molecule has 5 nitrogen and oxygen atoms in total. The Balaban J connectivity index is 3.07. The Bertz CT molecular complexity index is 378. The molecule has 5 heteroatoms. The summed E-state index contributed by atoms with van der Waals surface area (Å²) in [5, 5.41) is 0. The number of ether oxygens (including phenoxy) is 2. The van der Waals surface area contributed by atoms with Crippen molar-refractivity contribution >= 4 is 18.2 Å². The van der Waals surface area contributed by atoms with Crippen LogP contribution in [0.3, 0.4) is 0 Å². The van der Waals surface area contributed by atoms with E-state index in [-0.39, 0.29) is 12.0 Å². The molecule has 0 amide bonds. The molecule has 1 atom stereocenters.